The Morgan fingerprint density at radius 2 is 1.72 bits per heavy atom. The van der Waals surface area contributed by atoms with E-state index in [1.54, 1.807) is 37.4 Å². The maximum absolute atomic E-state index is 14.5. The number of hydrogen-bond acceptors (Lipinski definition) is 5. The van der Waals surface area contributed by atoms with Gasteiger partial charge < -0.3 is 20.3 Å². The van der Waals surface area contributed by atoms with Crippen molar-refractivity contribution in [2.75, 3.05) is 12.0 Å². The Morgan fingerprint density at radius 1 is 1.08 bits per heavy atom. The van der Waals surface area contributed by atoms with E-state index in [4.69, 9.17) is 4.74 Å². The first kappa shape index (κ1) is 33.0. The van der Waals surface area contributed by atoms with Crippen molar-refractivity contribution < 1.29 is 19.1 Å². The highest BCUT2D eigenvalue weighted by Crippen LogP contribution is 2.35. The normalized spacial score (nSPS) is 16.2. The van der Waals surface area contributed by atoms with Gasteiger partial charge in [-0.1, -0.05) is 49.9 Å². The van der Waals surface area contributed by atoms with E-state index in [2.05, 4.69) is 16.7 Å². The van der Waals surface area contributed by atoms with Gasteiger partial charge in [-0.2, -0.15) is 11.8 Å². The summed E-state index contributed by atoms with van der Waals surface area (Å²) in [4.78, 5) is 43.2. The first-order chi connectivity index (χ1) is 18.2. The van der Waals surface area contributed by atoms with Crippen LogP contribution in [0.2, 0.25) is 0 Å². The summed E-state index contributed by atoms with van der Waals surface area (Å²) >= 11 is 1.61. The minimum Gasteiger partial charge on any atom is -0.444 e. The number of benzene rings is 1. The molecule has 0 bridgehead atoms. The van der Waals surface area contributed by atoms with Crippen molar-refractivity contribution in [3.8, 4) is 0 Å². The maximum atomic E-state index is 14.5. The first-order valence-electron chi connectivity index (χ1n) is 14.4. The zero-order valence-corrected chi connectivity index (χ0v) is 26.4. The van der Waals surface area contributed by atoms with Crippen molar-refractivity contribution in [1.29, 1.82) is 0 Å². The Bertz CT molecular complexity index is 983. The van der Waals surface area contributed by atoms with E-state index in [9.17, 15) is 14.4 Å². The fraction of sp³-hybridized carbons (Fsp3) is 0.710. The monoisotopic (exact) mass is 561 g/mol. The lowest BCUT2D eigenvalue weighted by Crippen LogP contribution is -2.60. The summed E-state index contributed by atoms with van der Waals surface area (Å²) in [6.45, 7) is 15.4. The van der Waals surface area contributed by atoms with E-state index in [0.29, 0.717) is 18.6 Å². The number of ether oxygens (including phenoxy) is 1. The molecule has 8 heteroatoms. The Balaban J connectivity index is 2.59. The fourth-order valence-electron chi connectivity index (χ4n) is 5.11. The average molecular weight is 562 g/mol. The zero-order chi connectivity index (χ0) is 29.4. The number of nitrogens with zero attached hydrogens (tertiary/aromatic N) is 1. The number of rotatable bonds is 11. The van der Waals surface area contributed by atoms with Gasteiger partial charge >= 0.3 is 6.09 Å². The lowest BCUT2D eigenvalue weighted by Gasteiger charge is -2.45. The molecule has 0 aliphatic heterocycles. The van der Waals surface area contributed by atoms with Crippen LogP contribution >= 0.6 is 11.8 Å². The van der Waals surface area contributed by atoms with Crippen LogP contribution < -0.4 is 10.6 Å². The number of aryl methyl sites for hydroxylation is 2. The smallest absolute Gasteiger partial charge is 0.408 e. The minimum atomic E-state index is -0.827. The second-order valence-electron chi connectivity index (χ2n) is 12.5. The van der Waals surface area contributed by atoms with Gasteiger partial charge in [0.05, 0.1) is 0 Å². The van der Waals surface area contributed by atoms with Crippen LogP contribution in [0.4, 0.5) is 4.79 Å². The van der Waals surface area contributed by atoms with Crippen LogP contribution in [0, 0.1) is 13.8 Å². The molecule has 0 radical (unpaired) electrons. The SMILES string of the molecule is CCC(C)(C)N(C(=O)C(CCSC)NC(=O)OC(C)(C)C)C(C(=O)NC1CCCCC1)c1ccc(C)cc1C. The lowest BCUT2D eigenvalue weighted by atomic mass is 9.89. The fourth-order valence-corrected chi connectivity index (χ4v) is 5.58. The molecule has 0 saturated heterocycles. The molecule has 1 aliphatic carbocycles. The molecule has 0 spiro atoms. The van der Waals surface area contributed by atoms with Gasteiger partial charge in [-0.3, -0.25) is 9.59 Å². The highest BCUT2D eigenvalue weighted by Gasteiger charge is 2.43. The number of alkyl carbamates (subject to hydrolysis) is 1. The maximum Gasteiger partial charge on any atom is 0.408 e. The predicted octanol–water partition coefficient (Wildman–Crippen LogP) is 6.46. The molecular formula is C31H51N3O4S. The molecular weight excluding hydrogens is 510 g/mol. The molecule has 2 unspecified atom stereocenters. The van der Waals surface area contributed by atoms with Crippen LogP contribution in [0.1, 0.15) is 109 Å². The summed E-state index contributed by atoms with van der Waals surface area (Å²) in [5.41, 5.74) is 1.52. The van der Waals surface area contributed by atoms with Gasteiger partial charge in [0.15, 0.2) is 0 Å². The number of amides is 3. The number of hydrogen-bond donors (Lipinski definition) is 2. The summed E-state index contributed by atoms with van der Waals surface area (Å²) in [6.07, 6.45) is 7.69. The second kappa shape index (κ2) is 14.4. The van der Waals surface area contributed by atoms with E-state index >= 15 is 0 Å². The first-order valence-corrected chi connectivity index (χ1v) is 15.8. The number of carbonyl (C=O) groups is 3. The van der Waals surface area contributed by atoms with Gasteiger partial charge in [-0.15, -0.1) is 0 Å². The lowest BCUT2D eigenvalue weighted by molar-refractivity contribution is -0.149. The van der Waals surface area contributed by atoms with Gasteiger partial charge in [0.2, 0.25) is 11.8 Å². The van der Waals surface area contributed by atoms with Gasteiger partial charge in [0.1, 0.15) is 17.7 Å². The van der Waals surface area contributed by atoms with Gasteiger partial charge in [0.25, 0.3) is 0 Å². The van der Waals surface area contributed by atoms with Crippen molar-refractivity contribution in [2.45, 2.75) is 130 Å². The summed E-state index contributed by atoms with van der Waals surface area (Å²) in [5, 5.41) is 6.13. The van der Waals surface area contributed by atoms with Gasteiger partial charge in [0, 0.05) is 11.6 Å². The molecule has 1 saturated carbocycles. The summed E-state index contributed by atoms with van der Waals surface area (Å²) in [5.74, 6) is 0.241. The molecule has 1 aliphatic rings. The van der Waals surface area contributed by atoms with Crippen LogP contribution in [0.5, 0.6) is 0 Å². The Morgan fingerprint density at radius 3 is 2.26 bits per heavy atom. The van der Waals surface area contributed by atoms with Crippen molar-refractivity contribution in [3.05, 3.63) is 34.9 Å². The van der Waals surface area contributed by atoms with Crippen LogP contribution in [0.15, 0.2) is 18.2 Å². The summed E-state index contributed by atoms with van der Waals surface area (Å²) < 4.78 is 5.51. The molecule has 0 heterocycles. The molecule has 2 rings (SSSR count). The van der Waals surface area contributed by atoms with Gasteiger partial charge in [-0.25, -0.2) is 4.79 Å². The topological polar surface area (TPSA) is 87.7 Å². The molecule has 2 atom stereocenters. The van der Waals surface area contributed by atoms with Crippen LogP contribution in [-0.4, -0.2) is 58.0 Å². The third kappa shape index (κ3) is 9.73. The average Bonchev–Trinajstić information content (AvgIpc) is 2.84. The Kier molecular flexibility index (Phi) is 12.2. The Hall–Kier alpha value is -2.22. The standard InChI is InChI=1S/C31H51N3O4S/c1-10-31(7,8)34(28(36)25(18-19-39-9)33-29(37)38-30(4,5)6)26(24-17-16-21(2)20-22(24)3)27(35)32-23-14-12-11-13-15-23/h16-17,20,23,25-26H,10-15,18-19H2,1-9H3,(H,32,35)(H,33,37). The quantitative estimate of drug-likeness (QED) is 0.324. The third-order valence-corrected chi connectivity index (χ3v) is 8.18. The highest BCUT2D eigenvalue weighted by atomic mass is 32.2. The summed E-state index contributed by atoms with van der Waals surface area (Å²) in [7, 11) is 0. The Labute approximate surface area is 240 Å². The van der Waals surface area contributed by atoms with E-state index in [0.717, 1.165) is 42.4 Å². The van der Waals surface area contributed by atoms with E-state index in [1.807, 2.05) is 53.0 Å². The number of thioether (sulfide) groups is 1. The number of carbonyl (C=O) groups excluding carboxylic acids is 3. The largest absolute Gasteiger partial charge is 0.444 e. The molecule has 2 N–H and O–H groups in total. The molecule has 220 valence electrons. The highest BCUT2D eigenvalue weighted by molar-refractivity contribution is 7.98. The minimum absolute atomic E-state index is 0.105. The molecule has 1 aromatic rings. The van der Waals surface area contributed by atoms with E-state index in [1.165, 1.54) is 6.42 Å². The molecule has 39 heavy (non-hydrogen) atoms. The van der Waals surface area contributed by atoms with E-state index < -0.39 is 29.3 Å². The number of nitrogens with one attached hydrogen (secondary N) is 2. The third-order valence-electron chi connectivity index (χ3n) is 7.53. The van der Waals surface area contributed by atoms with Crippen LogP contribution in [0.3, 0.4) is 0 Å². The second-order valence-corrected chi connectivity index (χ2v) is 13.4. The van der Waals surface area contributed by atoms with E-state index in [-0.39, 0.29) is 17.9 Å². The van der Waals surface area contributed by atoms with Crippen LogP contribution in [-0.2, 0) is 14.3 Å². The predicted molar refractivity (Wildman–Crippen MR) is 161 cm³/mol. The summed E-state index contributed by atoms with van der Waals surface area (Å²) in [6, 6.07) is 4.48. The van der Waals surface area contributed by atoms with Crippen LogP contribution in [0.25, 0.3) is 0 Å². The molecule has 1 fully saturated rings. The van der Waals surface area contributed by atoms with Crippen molar-refractivity contribution >= 4 is 29.7 Å². The van der Waals surface area contributed by atoms with Crippen molar-refractivity contribution in [3.63, 3.8) is 0 Å². The van der Waals surface area contributed by atoms with Crippen molar-refractivity contribution in [2.24, 2.45) is 0 Å². The van der Waals surface area contributed by atoms with Gasteiger partial charge in [-0.05, 0) is 97.3 Å². The molecule has 1 aromatic carbocycles. The zero-order valence-electron chi connectivity index (χ0n) is 25.6. The molecule has 3 amide bonds. The molecule has 0 aromatic heterocycles. The molecule has 7 nitrogen and oxygen atoms in total. The van der Waals surface area contributed by atoms with Crippen molar-refractivity contribution in [1.82, 2.24) is 15.5 Å².